The summed E-state index contributed by atoms with van der Waals surface area (Å²) >= 11 is 0. The van der Waals surface area contributed by atoms with Crippen LogP contribution in [0.25, 0.3) is 0 Å². The summed E-state index contributed by atoms with van der Waals surface area (Å²) < 4.78 is 0. The molecule has 0 spiro atoms. The van der Waals surface area contributed by atoms with Gasteiger partial charge in [-0.25, -0.2) is 10.3 Å². The number of carbonyl (C=O) groups excluding carboxylic acids is 4. The Morgan fingerprint density at radius 2 is 1.72 bits per heavy atom. The van der Waals surface area contributed by atoms with Gasteiger partial charge in [0.05, 0.1) is 11.8 Å². The van der Waals surface area contributed by atoms with Gasteiger partial charge in [0.1, 0.15) is 6.04 Å². The van der Waals surface area contributed by atoms with Crippen LogP contribution in [0.4, 0.5) is 4.79 Å². The van der Waals surface area contributed by atoms with E-state index >= 15 is 0 Å². The molecular formula is C23H34N4O5. The number of rotatable bonds is 11. The summed E-state index contributed by atoms with van der Waals surface area (Å²) in [7, 11) is 0. The quantitative estimate of drug-likeness (QED) is 0.236. The fourth-order valence-electron chi connectivity index (χ4n) is 3.98. The molecule has 0 saturated carbocycles. The van der Waals surface area contributed by atoms with Crippen LogP contribution in [0.3, 0.4) is 0 Å². The molecule has 1 aromatic carbocycles. The molecule has 4 N–H and O–H groups in total. The van der Waals surface area contributed by atoms with Gasteiger partial charge in [0, 0.05) is 0 Å². The van der Waals surface area contributed by atoms with Gasteiger partial charge >= 0.3 is 6.03 Å². The number of imide groups is 1. The number of amides is 5. The number of benzene rings is 1. The predicted octanol–water partition coefficient (Wildman–Crippen LogP) is 2.40. The lowest BCUT2D eigenvalue weighted by atomic mass is 9.81. The summed E-state index contributed by atoms with van der Waals surface area (Å²) in [5.74, 6) is -3.49. The Balaban J connectivity index is 2.15. The Morgan fingerprint density at radius 1 is 1.06 bits per heavy atom. The number of hydrazine groups is 1. The van der Waals surface area contributed by atoms with Crippen molar-refractivity contribution in [3.63, 3.8) is 0 Å². The van der Waals surface area contributed by atoms with Crippen LogP contribution in [0.5, 0.6) is 0 Å². The van der Waals surface area contributed by atoms with Gasteiger partial charge < -0.3 is 5.32 Å². The molecule has 2 unspecified atom stereocenters. The van der Waals surface area contributed by atoms with Gasteiger partial charge in [0.25, 0.3) is 5.91 Å². The lowest BCUT2D eigenvalue weighted by Crippen LogP contribution is -2.51. The van der Waals surface area contributed by atoms with Crippen LogP contribution in [-0.2, 0) is 20.8 Å². The minimum absolute atomic E-state index is 0.0698. The Hall–Kier alpha value is -2.94. The van der Waals surface area contributed by atoms with Crippen molar-refractivity contribution in [1.29, 1.82) is 0 Å². The molecule has 1 fully saturated rings. The number of aryl methyl sites for hydroxylation is 1. The maximum Gasteiger partial charge on any atom is 0.344 e. The largest absolute Gasteiger partial charge is 0.344 e. The summed E-state index contributed by atoms with van der Waals surface area (Å²) in [5, 5.41) is 12.5. The van der Waals surface area contributed by atoms with Crippen molar-refractivity contribution in [2.75, 3.05) is 0 Å². The summed E-state index contributed by atoms with van der Waals surface area (Å²) in [6.45, 7) is 7.43. The molecule has 0 radical (unpaired) electrons. The summed E-state index contributed by atoms with van der Waals surface area (Å²) in [5.41, 5.74) is 5.19. The van der Waals surface area contributed by atoms with E-state index in [1.807, 2.05) is 44.2 Å². The van der Waals surface area contributed by atoms with E-state index in [4.69, 9.17) is 0 Å². The van der Waals surface area contributed by atoms with Gasteiger partial charge in [0.15, 0.2) is 0 Å². The zero-order chi connectivity index (χ0) is 23.8. The summed E-state index contributed by atoms with van der Waals surface area (Å²) in [6, 6.07) is 8.36. The van der Waals surface area contributed by atoms with Gasteiger partial charge in [-0.05, 0) is 43.1 Å². The van der Waals surface area contributed by atoms with E-state index in [2.05, 4.69) is 10.7 Å². The number of nitrogens with zero attached hydrogens (tertiary/aromatic N) is 1. The average molecular weight is 447 g/mol. The first-order valence-electron chi connectivity index (χ1n) is 11.1. The van der Waals surface area contributed by atoms with E-state index in [-0.39, 0.29) is 11.8 Å². The molecule has 1 saturated heterocycles. The minimum atomic E-state index is -0.823. The van der Waals surface area contributed by atoms with Gasteiger partial charge in [0.2, 0.25) is 11.8 Å². The third-order valence-electron chi connectivity index (χ3n) is 5.68. The highest BCUT2D eigenvalue weighted by Crippen LogP contribution is 2.27. The molecule has 3 atom stereocenters. The molecule has 1 heterocycles. The topological polar surface area (TPSA) is 128 Å². The molecule has 0 aromatic heterocycles. The zero-order valence-corrected chi connectivity index (χ0v) is 19.1. The van der Waals surface area contributed by atoms with Crippen molar-refractivity contribution in [1.82, 2.24) is 21.2 Å². The maximum absolute atomic E-state index is 13.2. The molecule has 2 rings (SSSR count). The van der Waals surface area contributed by atoms with E-state index in [0.717, 1.165) is 12.0 Å². The molecule has 1 aromatic rings. The lowest BCUT2D eigenvalue weighted by molar-refractivity contribution is -0.145. The molecular weight excluding hydrogens is 412 g/mol. The van der Waals surface area contributed by atoms with Crippen LogP contribution >= 0.6 is 0 Å². The molecule has 0 aliphatic carbocycles. The highest BCUT2D eigenvalue weighted by Gasteiger charge is 2.43. The fraction of sp³-hybridized carbons (Fsp3) is 0.565. The number of urea groups is 1. The second-order valence-corrected chi connectivity index (χ2v) is 9.02. The number of hydrogen-bond acceptors (Lipinski definition) is 5. The highest BCUT2D eigenvalue weighted by molar-refractivity contribution is 6.05. The average Bonchev–Trinajstić information content (AvgIpc) is 3.04. The molecule has 9 heteroatoms. The summed E-state index contributed by atoms with van der Waals surface area (Å²) in [4.78, 5) is 50.4. The van der Waals surface area contributed by atoms with Crippen LogP contribution in [0.15, 0.2) is 30.3 Å². The fourth-order valence-corrected chi connectivity index (χ4v) is 3.98. The van der Waals surface area contributed by atoms with Crippen LogP contribution in [0.2, 0.25) is 0 Å². The second kappa shape index (κ2) is 11.6. The Bertz CT molecular complexity index is 812. The molecule has 5 amide bonds. The van der Waals surface area contributed by atoms with E-state index in [1.165, 1.54) is 0 Å². The third kappa shape index (κ3) is 6.53. The molecule has 176 valence electrons. The van der Waals surface area contributed by atoms with Crippen molar-refractivity contribution >= 4 is 23.8 Å². The molecule has 1 aliphatic heterocycles. The molecule has 0 bridgehead atoms. The first-order valence-corrected chi connectivity index (χ1v) is 11.1. The number of nitrogens with one attached hydrogen (secondary N) is 3. The SMILES string of the molecule is CC(C)CC(C(=O)NN1C(=O)NC(C(C)C)C1=O)[C@@H](CCCc1ccccc1)C(=O)NO. The van der Waals surface area contributed by atoms with Crippen molar-refractivity contribution in [2.45, 2.75) is 59.4 Å². The Morgan fingerprint density at radius 3 is 2.25 bits per heavy atom. The number of carbonyl (C=O) groups is 4. The normalized spacial score (nSPS) is 18.0. The van der Waals surface area contributed by atoms with E-state index in [1.54, 1.807) is 19.3 Å². The van der Waals surface area contributed by atoms with Crippen molar-refractivity contribution in [3.05, 3.63) is 35.9 Å². The highest BCUT2D eigenvalue weighted by atomic mass is 16.5. The van der Waals surface area contributed by atoms with Gasteiger partial charge in [-0.1, -0.05) is 58.0 Å². The first kappa shape index (κ1) is 25.3. The standard InChI is InChI=1S/C23H34N4O5/c1-14(2)13-18(20(28)25-27-22(30)19(15(3)4)24-23(27)31)17(21(29)26-32)12-8-11-16-9-6-5-7-10-16/h5-7,9-10,14-15,17-19,32H,8,11-13H2,1-4H3,(H,24,31)(H,25,28)(H,26,29)/t17-,18?,19?/m1/s1. The van der Waals surface area contributed by atoms with E-state index < -0.39 is 41.6 Å². The van der Waals surface area contributed by atoms with Gasteiger partial charge in [-0.2, -0.15) is 5.01 Å². The van der Waals surface area contributed by atoms with Gasteiger partial charge in [-0.3, -0.25) is 25.0 Å². The Labute approximate surface area is 188 Å². The smallest absolute Gasteiger partial charge is 0.324 e. The lowest BCUT2D eigenvalue weighted by Gasteiger charge is -2.27. The van der Waals surface area contributed by atoms with Crippen LogP contribution < -0.4 is 16.2 Å². The molecule has 1 aliphatic rings. The van der Waals surface area contributed by atoms with Crippen LogP contribution in [-0.4, -0.2) is 40.0 Å². The second-order valence-electron chi connectivity index (χ2n) is 9.02. The summed E-state index contributed by atoms with van der Waals surface area (Å²) in [6.07, 6.45) is 2.06. The van der Waals surface area contributed by atoms with Crippen molar-refractivity contribution < 1.29 is 24.4 Å². The number of hydroxylamine groups is 1. The predicted molar refractivity (Wildman–Crippen MR) is 118 cm³/mol. The monoisotopic (exact) mass is 446 g/mol. The van der Waals surface area contributed by atoms with Gasteiger partial charge in [-0.15, -0.1) is 0 Å². The van der Waals surface area contributed by atoms with E-state index in [9.17, 15) is 24.4 Å². The van der Waals surface area contributed by atoms with Crippen LogP contribution in [0.1, 0.15) is 52.5 Å². The molecule has 32 heavy (non-hydrogen) atoms. The molecule has 9 nitrogen and oxygen atoms in total. The first-order chi connectivity index (χ1) is 15.1. The minimum Gasteiger partial charge on any atom is -0.324 e. The maximum atomic E-state index is 13.2. The van der Waals surface area contributed by atoms with Crippen LogP contribution in [0, 0.1) is 23.7 Å². The zero-order valence-electron chi connectivity index (χ0n) is 19.1. The Kier molecular flexibility index (Phi) is 9.19. The number of hydrogen-bond donors (Lipinski definition) is 4. The van der Waals surface area contributed by atoms with E-state index in [0.29, 0.717) is 24.3 Å². The third-order valence-corrected chi connectivity index (χ3v) is 5.68. The van der Waals surface area contributed by atoms with Crippen molar-refractivity contribution in [3.8, 4) is 0 Å². The van der Waals surface area contributed by atoms with Crippen molar-refractivity contribution in [2.24, 2.45) is 23.7 Å².